The lowest BCUT2D eigenvalue weighted by Crippen LogP contribution is -2.10. The largest absolute Gasteiger partial charge is 0.117 e. The molecule has 0 saturated carbocycles. The highest BCUT2D eigenvalue weighted by Crippen LogP contribution is 2.53. The Morgan fingerprint density at radius 3 is 1.00 bits per heavy atom. The van der Waals surface area contributed by atoms with Crippen LogP contribution in [-0.2, 0) is 0 Å². The number of rotatable bonds is 2. The molecule has 0 aromatic heterocycles. The summed E-state index contributed by atoms with van der Waals surface area (Å²) in [6.07, 6.45) is 0. The molecule has 0 bridgehead atoms. The Bertz CT molecular complexity index is 467. The summed E-state index contributed by atoms with van der Waals surface area (Å²) in [6, 6.07) is 0. The van der Waals surface area contributed by atoms with Crippen molar-refractivity contribution in [3.05, 3.63) is 20.1 Å². The van der Waals surface area contributed by atoms with E-state index in [1.165, 1.54) is 0 Å². The van der Waals surface area contributed by atoms with Crippen LogP contribution >= 0.6 is 69.9 Å². The average Bonchev–Trinajstić information content (AvgIpc) is 2.25. The van der Waals surface area contributed by atoms with E-state index < -0.39 is 0 Å². The molecule has 0 atom stereocenters. The molecule has 0 amide bonds. The molecule has 20 heavy (non-hydrogen) atoms. The summed E-state index contributed by atoms with van der Waals surface area (Å²) >= 11 is 28.5. The maximum absolute atomic E-state index is 6.40. The fourth-order valence-electron chi connectivity index (χ4n) is 1.39. The molecule has 1 rings (SSSR count). The highest BCUT2D eigenvalue weighted by Gasteiger charge is 2.27. The molecule has 1 aromatic carbocycles. The lowest BCUT2D eigenvalue weighted by atomic mass is 10.3. The van der Waals surface area contributed by atoms with Gasteiger partial charge in [-0.25, -0.2) is 0 Å². The first-order valence-electron chi connectivity index (χ1n) is 6.07. The fraction of sp³-hybridized carbons (Fsp3) is 0.571. The number of halogens is 4. The first-order valence-corrected chi connectivity index (χ1v) is 9.22. The molecule has 114 valence electrons. The molecule has 0 nitrogen and oxygen atoms in total. The van der Waals surface area contributed by atoms with Crippen molar-refractivity contribution >= 4 is 69.9 Å². The zero-order chi connectivity index (χ0) is 15.9. The topological polar surface area (TPSA) is 0 Å². The summed E-state index contributed by atoms with van der Waals surface area (Å²) < 4.78 is -0.00531. The minimum atomic E-state index is -0.00266. The van der Waals surface area contributed by atoms with Crippen molar-refractivity contribution in [2.24, 2.45) is 0 Å². The van der Waals surface area contributed by atoms with Crippen LogP contribution < -0.4 is 0 Å². The standard InChI is InChI=1S/C14H18Cl4S2/c1-13(2,3)19-11-9(17)7(15)8(16)10(18)12(11)20-14(4,5)6/h1-6H3. The van der Waals surface area contributed by atoms with Gasteiger partial charge in [0.15, 0.2) is 0 Å². The second kappa shape index (κ2) is 6.68. The normalized spacial score (nSPS) is 12.9. The Hall–Kier alpha value is 1.08. The zero-order valence-electron chi connectivity index (χ0n) is 12.3. The lowest BCUT2D eigenvalue weighted by Gasteiger charge is -2.26. The molecule has 0 radical (unpaired) electrons. The highest BCUT2D eigenvalue weighted by atomic mass is 35.5. The number of hydrogen-bond acceptors (Lipinski definition) is 2. The summed E-state index contributed by atoms with van der Waals surface area (Å²) in [6.45, 7) is 12.7. The van der Waals surface area contributed by atoms with Gasteiger partial charge in [0.1, 0.15) is 0 Å². The van der Waals surface area contributed by atoms with Gasteiger partial charge in [0.2, 0.25) is 0 Å². The van der Waals surface area contributed by atoms with Crippen LogP contribution in [0, 0.1) is 0 Å². The Kier molecular flexibility index (Phi) is 6.39. The van der Waals surface area contributed by atoms with Gasteiger partial charge in [-0.3, -0.25) is 0 Å². The van der Waals surface area contributed by atoms with E-state index in [0.29, 0.717) is 20.1 Å². The van der Waals surface area contributed by atoms with E-state index in [1.54, 1.807) is 23.5 Å². The average molecular weight is 392 g/mol. The molecule has 0 fully saturated rings. The Morgan fingerprint density at radius 2 is 0.800 bits per heavy atom. The van der Waals surface area contributed by atoms with Crippen LogP contribution in [0.4, 0.5) is 0 Å². The summed E-state index contributed by atoms with van der Waals surface area (Å²) in [5, 5.41) is 1.60. The predicted octanol–water partition coefficient (Wildman–Crippen LogP) is 8.08. The smallest absolute Gasteiger partial charge is 0.0806 e. The van der Waals surface area contributed by atoms with E-state index in [1.807, 2.05) is 0 Å². The van der Waals surface area contributed by atoms with Gasteiger partial charge in [0, 0.05) is 19.3 Å². The molecule has 0 spiro atoms. The molecule has 0 aliphatic carbocycles. The Morgan fingerprint density at radius 1 is 0.550 bits per heavy atom. The second-order valence-corrected chi connectivity index (χ2v) is 11.5. The second-order valence-electron chi connectivity index (χ2n) is 6.34. The van der Waals surface area contributed by atoms with Crippen LogP contribution in [0.25, 0.3) is 0 Å². The van der Waals surface area contributed by atoms with E-state index in [9.17, 15) is 0 Å². The molecule has 0 unspecified atom stereocenters. The highest BCUT2D eigenvalue weighted by molar-refractivity contribution is 8.03. The first-order chi connectivity index (χ1) is 8.83. The van der Waals surface area contributed by atoms with Crippen molar-refractivity contribution in [2.45, 2.75) is 60.8 Å². The third-order valence-electron chi connectivity index (χ3n) is 2.00. The third-order valence-corrected chi connectivity index (χ3v) is 6.60. The van der Waals surface area contributed by atoms with Crippen LogP contribution in [0.15, 0.2) is 9.79 Å². The van der Waals surface area contributed by atoms with Gasteiger partial charge in [-0.15, -0.1) is 23.5 Å². The van der Waals surface area contributed by atoms with Crippen molar-refractivity contribution in [1.82, 2.24) is 0 Å². The quantitative estimate of drug-likeness (QED) is 0.283. The van der Waals surface area contributed by atoms with Crippen LogP contribution in [0.1, 0.15) is 41.5 Å². The van der Waals surface area contributed by atoms with Gasteiger partial charge in [0.25, 0.3) is 0 Å². The molecular weight excluding hydrogens is 374 g/mol. The number of hydrogen-bond donors (Lipinski definition) is 0. The maximum atomic E-state index is 6.40. The van der Waals surface area contributed by atoms with Crippen molar-refractivity contribution in [3.8, 4) is 0 Å². The van der Waals surface area contributed by atoms with Crippen molar-refractivity contribution in [1.29, 1.82) is 0 Å². The lowest BCUT2D eigenvalue weighted by molar-refractivity contribution is 0.794. The summed E-state index contributed by atoms with van der Waals surface area (Å²) in [5.74, 6) is 0. The van der Waals surface area contributed by atoms with E-state index in [0.717, 1.165) is 9.79 Å². The fourth-order valence-corrected chi connectivity index (χ4v) is 4.94. The summed E-state index contributed by atoms with van der Waals surface area (Å²) in [4.78, 5) is 1.80. The zero-order valence-corrected chi connectivity index (χ0v) is 17.0. The van der Waals surface area contributed by atoms with Gasteiger partial charge in [0.05, 0.1) is 20.1 Å². The van der Waals surface area contributed by atoms with E-state index in [-0.39, 0.29) is 9.49 Å². The molecule has 0 aliphatic rings. The van der Waals surface area contributed by atoms with Crippen LogP contribution in [0.3, 0.4) is 0 Å². The van der Waals surface area contributed by atoms with E-state index in [2.05, 4.69) is 41.5 Å². The van der Waals surface area contributed by atoms with Gasteiger partial charge < -0.3 is 0 Å². The molecule has 0 heterocycles. The van der Waals surface area contributed by atoms with Gasteiger partial charge in [-0.1, -0.05) is 87.9 Å². The SMILES string of the molecule is CC(C)(C)Sc1c(Cl)c(Cl)c(Cl)c(Cl)c1SC(C)(C)C. The monoisotopic (exact) mass is 390 g/mol. The van der Waals surface area contributed by atoms with Crippen LogP contribution in [-0.4, -0.2) is 9.49 Å². The summed E-state index contributed by atoms with van der Waals surface area (Å²) in [5.41, 5.74) is 0. The van der Waals surface area contributed by atoms with Crippen molar-refractivity contribution in [3.63, 3.8) is 0 Å². The predicted molar refractivity (Wildman–Crippen MR) is 97.7 cm³/mol. The third kappa shape index (κ3) is 5.07. The van der Waals surface area contributed by atoms with E-state index >= 15 is 0 Å². The Labute approximate surface area is 150 Å². The minimum Gasteiger partial charge on any atom is -0.117 e. The van der Waals surface area contributed by atoms with Crippen molar-refractivity contribution < 1.29 is 0 Å². The van der Waals surface area contributed by atoms with Crippen molar-refractivity contribution in [2.75, 3.05) is 0 Å². The molecule has 1 aromatic rings. The molecule has 6 heteroatoms. The Balaban J connectivity index is 3.52. The molecule has 0 saturated heterocycles. The summed E-state index contributed by atoms with van der Waals surface area (Å²) in [7, 11) is 0. The van der Waals surface area contributed by atoms with Gasteiger partial charge in [-0.2, -0.15) is 0 Å². The number of benzene rings is 1. The first kappa shape index (κ1) is 19.1. The van der Waals surface area contributed by atoms with Gasteiger partial charge >= 0.3 is 0 Å². The van der Waals surface area contributed by atoms with Gasteiger partial charge in [-0.05, 0) is 0 Å². The minimum absolute atomic E-state index is 0.00266. The maximum Gasteiger partial charge on any atom is 0.0806 e. The van der Waals surface area contributed by atoms with Crippen LogP contribution in [0.5, 0.6) is 0 Å². The van der Waals surface area contributed by atoms with E-state index in [4.69, 9.17) is 46.4 Å². The number of thioether (sulfide) groups is 2. The molecule has 0 N–H and O–H groups in total. The van der Waals surface area contributed by atoms with Crippen LogP contribution in [0.2, 0.25) is 20.1 Å². The molecular formula is C14H18Cl4S2. The molecule has 0 aliphatic heterocycles.